The summed E-state index contributed by atoms with van der Waals surface area (Å²) in [6, 6.07) is 11.3. The Bertz CT molecular complexity index is 394. The van der Waals surface area contributed by atoms with Crippen LogP contribution in [0.15, 0.2) is 30.3 Å². The minimum atomic E-state index is 0.450. The Morgan fingerprint density at radius 2 is 1.70 bits per heavy atom. The van der Waals surface area contributed by atoms with Crippen molar-refractivity contribution in [2.24, 2.45) is 5.92 Å². The predicted octanol–water partition coefficient (Wildman–Crippen LogP) is 1.97. The van der Waals surface area contributed by atoms with Crippen molar-refractivity contribution in [2.75, 3.05) is 46.3 Å². The standard InChI is InChI=1S/C17H27N3/c1-18-17(16-5-3-2-4-6-16)14-20-11-9-19(10-12-20)13-15-7-8-15/h2-6,15,17-18H,7-14H2,1H3. The van der Waals surface area contributed by atoms with Crippen molar-refractivity contribution in [1.29, 1.82) is 0 Å². The third-order valence-corrected chi connectivity index (χ3v) is 4.67. The van der Waals surface area contributed by atoms with Crippen molar-refractivity contribution in [3.8, 4) is 0 Å². The number of hydrogen-bond acceptors (Lipinski definition) is 3. The first-order valence-electron chi connectivity index (χ1n) is 8.02. The number of benzene rings is 1. The lowest BCUT2D eigenvalue weighted by molar-refractivity contribution is 0.120. The molecule has 1 saturated carbocycles. The minimum absolute atomic E-state index is 0.450. The maximum atomic E-state index is 3.46. The van der Waals surface area contributed by atoms with Crippen LogP contribution in [-0.4, -0.2) is 56.1 Å². The molecule has 1 N–H and O–H groups in total. The maximum Gasteiger partial charge on any atom is 0.0446 e. The Morgan fingerprint density at radius 1 is 1.05 bits per heavy atom. The van der Waals surface area contributed by atoms with Crippen LogP contribution in [0.4, 0.5) is 0 Å². The molecule has 2 aliphatic rings. The zero-order valence-electron chi connectivity index (χ0n) is 12.6. The van der Waals surface area contributed by atoms with Crippen LogP contribution in [0.1, 0.15) is 24.4 Å². The SMILES string of the molecule is CNC(CN1CCN(CC2CC2)CC1)c1ccccc1. The van der Waals surface area contributed by atoms with Gasteiger partial charge < -0.3 is 10.2 Å². The molecular weight excluding hydrogens is 246 g/mol. The van der Waals surface area contributed by atoms with Gasteiger partial charge in [-0.3, -0.25) is 4.90 Å². The van der Waals surface area contributed by atoms with E-state index in [0.717, 1.165) is 12.5 Å². The molecule has 3 nitrogen and oxygen atoms in total. The van der Waals surface area contributed by atoms with Crippen molar-refractivity contribution in [3.63, 3.8) is 0 Å². The van der Waals surface area contributed by atoms with Gasteiger partial charge in [0.1, 0.15) is 0 Å². The molecule has 1 saturated heterocycles. The molecule has 0 radical (unpaired) electrons. The zero-order valence-corrected chi connectivity index (χ0v) is 12.6. The minimum Gasteiger partial charge on any atom is -0.312 e. The van der Waals surface area contributed by atoms with Crippen LogP contribution in [0.25, 0.3) is 0 Å². The first kappa shape index (κ1) is 14.1. The Balaban J connectivity index is 1.47. The van der Waals surface area contributed by atoms with E-state index in [1.165, 1.54) is 51.1 Å². The number of hydrogen-bond donors (Lipinski definition) is 1. The van der Waals surface area contributed by atoms with Gasteiger partial charge in [-0.25, -0.2) is 0 Å². The molecule has 0 bridgehead atoms. The number of likely N-dealkylation sites (N-methyl/N-ethyl adjacent to an activating group) is 1. The van der Waals surface area contributed by atoms with E-state index in [1.807, 2.05) is 0 Å². The average Bonchev–Trinajstić information content (AvgIpc) is 3.31. The van der Waals surface area contributed by atoms with Gasteiger partial charge in [0.15, 0.2) is 0 Å². The normalized spacial score (nSPS) is 22.9. The molecule has 0 aromatic heterocycles. The summed E-state index contributed by atoms with van der Waals surface area (Å²) < 4.78 is 0. The van der Waals surface area contributed by atoms with E-state index in [0.29, 0.717) is 6.04 Å². The molecule has 1 aliphatic heterocycles. The van der Waals surface area contributed by atoms with Crippen molar-refractivity contribution in [3.05, 3.63) is 35.9 Å². The van der Waals surface area contributed by atoms with Crippen LogP contribution in [0, 0.1) is 5.92 Å². The molecule has 1 aliphatic carbocycles. The maximum absolute atomic E-state index is 3.46. The third-order valence-electron chi connectivity index (χ3n) is 4.67. The highest BCUT2D eigenvalue weighted by Gasteiger charge is 2.26. The lowest BCUT2D eigenvalue weighted by Crippen LogP contribution is -2.48. The second kappa shape index (κ2) is 6.70. The highest BCUT2D eigenvalue weighted by molar-refractivity contribution is 5.19. The van der Waals surface area contributed by atoms with Gasteiger partial charge in [0.05, 0.1) is 0 Å². The highest BCUT2D eigenvalue weighted by Crippen LogP contribution is 2.30. The van der Waals surface area contributed by atoms with Crippen molar-refractivity contribution >= 4 is 0 Å². The molecule has 20 heavy (non-hydrogen) atoms. The Morgan fingerprint density at radius 3 is 2.30 bits per heavy atom. The van der Waals surface area contributed by atoms with E-state index in [9.17, 15) is 0 Å². The summed E-state index contributed by atoms with van der Waals surface area (Å²) in [6.45, 7) is 7.42. The van der Waals surface area contributed by atoms with Gasteiger partial charge in [-0.05, 0) is 31.4 Å². The first-order chi connectivity index (χ1) is 9.85. The molecule has 3 heteroatoms. The molecular formula is C17H27N3. The highest BCUT2D eigenvalue weighted by atomic mass is 15.3. The van der Waals surface area contributed by atoms with E-state index in [1.54, 1.807) is 0 Å². The Kier molecular flexibility index (Phi) is 4.71. The van der Waals surface area contributed by atoms with Gasteiger partial charge in [-0.15, -0.1) is 0 Å². The second-order valence-corrected chi connectivity index (χ2v) is 6.30. The number of nitrogens with one attached hydrogen (secondary N) is 1. The van der Waals surface area contributed by atoms with Crippen LogP contribution in [0.5, 0.6) is 0 Å². The lowest BCUT2D eigenvalue weighted by atomic mass is 10.1. The topological polar surface area (TPSA) is 18.5 Å². The number of piperazine rings is 1. The predicted molar refractivity (Wildman–Crippen MR) is 83.8 cm³/mol. The molecule has 1 unspecified atom stereocenters. The summed E-state index contributed by atoms with van der Waals surface area (Å²) >= 11 is 0. The van der Waals surface area contributed by atoms with Gasteiger partial charge in [0.25, 0.3) is 0 Å². The van der Waals surface area contributed by atoms with Crippen LogP contribution >= 0.6 is 0 Å². The fraction of sp³-hybridized carbons (Fsp3) is 0.647. The molecule has 1 aromatic rings. The van der Waals surface area contributed by atoms with Gasteiger partial charge in [0.2, 0.25) is 0 Å². The summed E-state index contributed by atoms with van der Waals surface area (Å²) in [5.74, 6) is 1.02. The van der Waals surface area contributed by atoms with Gasteiger partial charge in [-0.1, -0.05) is 30.3 Å². The lowest BCUT2D eigenvalue weighted by Gasteiger charge is -2.36. The summed E-state index contributed by atoms with van der Waals surface area (Å²) in [5.41, 5.74) is 1.40. The van der Waals surface area contributed by atoms with E-state index < -0.39 is 0 Å². The van der Waals surface area contributed by atoms with Gasteiger partial charge >= 0.3 is 0 Å². The summed E-state index contributed by atoms with van der Waals surface area (Å²) in [4.78, 5) is 5.27. The fourth-order valence-corrected chi connectivity index (χ4v) is 3.13. The quantitative estimate of drug-likeness (QED) is 0.855. The van der Waals surface area contributed by atoms with Crippen molar-refractivity contribution in [1.82, 2.24) is 15.1 Å². The van der Waals surface area contributed by atoms with Crippen molar-refractivity contribution in [2.45, 2.75) is 18.9 Å². The number of nitrogens with zero attached hydrogens (tertiary/aromatic N) is 2. The molecule has 1 heterocycles. The van der Waals surface area contributed by atoms with Crippen LogP contribution in [0.2, 0.25) is 0 Å². The molecule has 2 fully saturated rings. The Labute approximate surface area is 123 Å². The van der Waals surface area contributed by atoms with Crippen LogP contribution < -0.4 is 5.32 Å². The zero-order chi connectivity index (χ0) is 13.8. The van der Waals surface area contributed by atoms with E-state index >= 15 is 0 Å². The molecule has 1 aromatic carbocycles. The van der Waals surface area contributed by atoms with Crippen LogP contribution in [-0.2, 0) is 0 Å². The number of rotatable bonds is 6. The average molecular weight is 273 g/mol. The summed E-state index contributed by atoms with van der Waals surface area (Å²) in [6.07, 6.45) is 2.94. The van der Waals surface area contributed by atoms with E-state index in [-0.39, 0.29) is 0 Å². The molecule has 0 amide bonds. The third kappa shape index (κ3) is 3.81. The van der Waals surface area contributed by atoms with Gasteiger partial charge in [0, 0.05) is 45.3 Å². The fourth-order valence-electron chi connectivity index (χ4n) is 3.13. The molecule has 110 valence electrons. The van der Waals surface area contributed by atoms with E-state index in [2.05, 4.69) is 52.5 Å². The van der Waals surface area contributed by atoms with E-state index in [4.69, 9.17) is 0 Å². The Hall–Kier alpha value is -0.900. The molecule has 1 atom stereocenters. The van der Waals surface area contributed by atoms with Crippen LogP contribution in [0.3, 0.4) is 0 Å². The monoisotopic (exact) mass is 273 g/mol. The first-order valence-corrected chi connectivity index (χ1v) is 8.02. The molecule has 0 spiro atoms. The largest absolute Gasteiger partial charge is 0.312 e. The second-order valence-electron chi connectivity index (χ2n) is 6.30. The van der Waals surface area contributed by atoms with Gasteiger partial charge in [-0.2, -0.15) is 0 Å². The smallest absolute Gasteiger partial charge is 0.0446 e. The summed E-state index contributed by atoms with van der Waals surface area (Å²) in [7, 11) is 2.07. The van der Waals surface area contributed by atoms with Crippen molar-refractivity contribution < 1.29 is 0 Å². The molecule has 3 rings (SSSR count). The summed E-state index contributed by atoms with van der Waals surface area (Å²) in [5, 5.41) is 3.46.